The fourth-order valence-corrected chi connectivity index (χ4v) is 3.36. The Morgan fingerprint density at radius 2 is 2.04 bits per heavy atom. The van der Waals surface area contributed by atoms with Crippen LogP contribution in [0.25, 0.3) is 23.1 Å². The summed E-state index contributed by atoms with van der Waals surface area (Å²) in [5, 5.41) is 16.9. The minimum atomic E-state index is -0.0533. The summed E-state index contributed by atoms with van der Waals surface area (Å²) in [6.07, 6.45) is 1.66. The number of rotatable bonds is 4. The minimum Gasteiger partial charge on any atom is -0.365 e. The van der Waals surface area contributed by atoms with Gasteiger partial charge in [0.2, 0.25) is 5.82 Å². The smallest absolute Gasteiger partial charge is 0.276 e. The summed E-state index contributed by atoms with van der Waals surface area (Å²) < 4.78 is 15.1. The summed E-state index contributed by atoms with van der Waals surface area (Å²) in [6.45, 7) is 5.78. The fourth-order valence-electron chi connectivity index (χ4n) is 3.36. The van der Waals surface area contributed by atoms with Gasteiger partial charge in [0.1, 0.15) is 11.8 Å². The second kappa shape index (κ2) is 6.68. The molecule has 1 atom stereocenters. The third kappa shape index (κ3) is 2.80. The maximum absolute atomic E-state index is 6.07. The standard InChI is InChI=1S/C19H19N7O2/c1-3-25-14(8-9-20-25)19-21-18(23-28-19)17-15-11-27-16(10-26(15)24-22-17)13-6-4-12(2)5-7-13/h4-9,16H,3,10-11H2,1-2H3/t16-/m0/s1. The zero-order chi connectivity index (χ0) is 19.1. The van der Waals surface area contributed by atoms with E-state index in [9.17, 15) is 0 Å². The van der Waals surface area contributed by atoms with Crippen molar-refractivity contribution in [3.8, 4) is 23.1 Å². The highest BCUT2D eigenvalue weighted by molar-refractivity contribution is 5.56. The van der Waals surface area contributed by atoms with Crippen molar-refractivity contribution in [3.63, 3.8) is 0 Å². The van der Waals surface area contributed by atoms with Crippen molar-refractivity contribution in [1.29, 1.82) is 0 Å². The van der Waals surface area contributed by atoms with Crippen molar-refractivity contribution in [3.05, 3.63) is 53.3 Å². The van der Waals surface area contributed by atoms with E-state index >= 15 is 0 Å². The molecule has 5 rings (SSSR count). The SMILES string of the molecule is CCn1nccc1-c1nc(-c2nnn3c2CO[C@H](c2ccc(C)cc2)C3)no1. The van der Waals surface area contributed by atoms with Crippen LogP contribution in [0.3, 0.4) is 0 Å². The lowest BCUT2D eigenvalue weighted by atomic mass is 10.1. The average Bonchev–Trinajstić information content (AvgIpc) is 3.45. The lowest BCUT2D eigenvalue weighted by Gasteiger charge is -2.24. The molecule has 0 bridgehead atoms. The monoisotopic (exact) mass is 377 g/mol. The molecule has 1 aliphatic rings. The normalized spacial score (nSPS) is 16.3. The van der Waals surface area contributed by atoms with E-state index in [1.54, 1.807) is 10.9 Å². The van der Waals surface area contributed by atoms with Crippen molar-refractivity contribution >= 4 is 0 Å². The van der Waals surface area contributed by atoms with Gasteiger partial charge in [-0.1, -0.05) is 40.2 Å². The molecule has 0 spiro atoms. The van der Waals surface area contributed by atoms with Crippen LogP contribution >= 0.6 is 0 Å². The molecule has 3 aromatic heterocycles. The lowest BCUT2D eigenvalue weighted by Crippen LogP contribution is -2.22. The van der Waals surface area contributed by atoms with Gasteiger partial charge in [0, 0.05) is 12.7 Å². The Morgan fingerprint density at radius 1 is 1.18 bits per heavy atom. The van der Waals surface area contributed by atoms with Crippen LogP contribution in [-0.4, -0.2) is 34.9 Å². The molecule has 9 nitrogen and oxygen atoms in total. The number of benzene rings is 1. The highest BCUT2D eigenvalue weighted by Gasteiger charge is 2.28. The maximum atomic E-state index is 6.07. The first-order valence-electron chi connectivity index (χ1n) is 9.19. The highest BCUT2D eigenvalue weighted by Crippen LogP contribution is 2.30. The molecule has 142 valence electrons. The predicted octanol–water partition coefficient (Wildman–Crippen LogP) is 2.79. The molecule has 0 radical (unpaired) electrons. The average molecular weight is 377 g/mol. The number of hydrogen-bond acceptors (Lipinski definition) is 7. The third-order valence-electron chi connectivity index (χ3n) is 4.92. The van der Waals surface area contributed by atoms with E-state index < -0.39 is 0 Å². The molecule has 0 N–H and O–H groups in total. The van der Waals surface area contributed by atoms with E-state index in [0.29, 0.717) is 30.6 Å². The van der Waals surface area contributed by atoms with Crippen LogP contribution in [0.2, 0.25) is 0 Å². The lowest BCUT2D eigenvalue weighted by molar-refractivity contribution is -0.00112. The predicted molar refractivity (Wildman–Crippen MR) is 98.9 cm³/mol. The number of aryl methyl sites for hydroxylation is 2. The molecule has 0 saturated heterocycles. The Hall–Kier alpha value is -3.33. The van der Waals surface area contributed by atoms with Crippen molar-refractivity contribution < 1.29 is 9.26 Å². The highest BCUT2D eigenvalue weighted by atomic mass is 16.5. The molecule has 4 aromatic rings. The van der Waals surface area contributed by atoms with Crippen molar-refractivity contribution in [2.45, 2.75) is 39.6 Å². The molecule has 1 aliphatic heterocycles. The summed E-state index contributed by atoms with van der Waals surface area (Å²) in [6, 6.07) is 10.2. The second-order valence-electron chi connectivity index (χ2n) is 6.73. The van der Waals surface area contributed by atoms with Gasteiger partial charge in [0.05, 0.1) is 18.8 Å². The van der Waals surface area contributed by atoms with E-state index in [-0.39, 0.29) is 6.10 Å². The summed E-state index contributed by atoms with van der Waals surface area (Å²) in [7, 11) is 0. The van der Waals surface area contributed by atoms with E-state index in [2.05, 4.69) is 56.7 Å². The molecule has 0 fully saturated rings. The number of aromatic nitrogens is 7. The van der Waals surface area contributed by atoms with Gasteiger partial charge < -0.3 is 9.26 Å². The van der Waals surface area contributed by atoms with Crippen LogP contribution in [0.4, 0.5) is 0 Å². The molecule has 4 heterocycles. The van der Waals surface area contributed by atoms with Gasteiger partial charge in [0.25, 0.3) is 5.89 Å². The van der Waals surface area contributed by atoms with Crippen LogP contribution in [0.5, 0.6) is 0 Å². The van der Waals surface area contributed by atoms with Crippen LogP contribution in [0, 0.1) is 6.92 Å². The van der Waals surface area contributed by atoms with Gasteiger partial charge in [-0.05, 0) is 25.5 Å². The van der Waals surface area contributed by atoms with E-state index in [0.717, 1.165) is 23.5 Å². The van der Waals surface area contributed by atoms with E-state index in [4.69, 9.17) is 9.26 Å². The first-order valence-corrected chi connectivity index (χ1v) is 9.19. The number of nitrogens with zero attached hydrogens (tertiary/aromatic N) is 7. The van der Waals surface area contributed by atoms with Crippen molar-refractivity contribution in [2.75, 3.05) is 0 Å². The topological polar surface area (TPSA) is 96.7 Å². The zero-order valence-electron chi connectivity index (χ0n) is 15.6. The summed E-state index contributed by atoms with van der Waals surface area (Å²) >= 11 is 0. The molecule has 0 aliphatic carbocycles. The van der Waals surface area contributed by atoms with Gasteiger partial charge in [-0.25, -0.2) is 4.68 Å². The zero-order valence-corrected chi connectivity index (χ0v) is 15.6. The first-order chi connectivity index (χ1) is 13.7. The fraction of sp³-hybridized carbons (Fsp3) is 0.316. The van der Waals surface area contributed by atoms with Gasteiger partial charge in [-0.2, -0.15) is 10.1 Å². The molecule has 0 amide bonds. The van der Waals surface area contributed by atoms with E-state index in [1.807, 2.05) is 17.7 Å². The molecular weight excluding hydrogens is 358 g/mol. The Bertz CT molecular complexity index is 1110. The van der Waals surface area contributed by atoms with Crippen LogP contribution < -0.4 is 0 Å². The van der Waals surface area contributed by atoms with Crippen LogP contribution in [0.15, 0.2) is 41.1 Å². The van der Waals surface area contributed by atoms with E-state index in [1.165, 1.54) is 5.56 Å². The molecule has 28 heavy (non-hydrogen) atoms. The van der Waals surface area contributed by atoms with Gasteiger partial charge >= 0.3 is 0 Å². The van der Waals surface area contributed by atoms with Crippen molar-refractivity contribution in [1.82, 2.24) is 34.9 Å². The molecule has 0 saturated carbocycles. The largest absolute Gasteiger partial charge is 0.365 e. The van der Waals surface area contributed by atoms with Gasteiger partial charge in [0.15, 0.2) is 5.69 Å². The number of hydrogen-bond donors (Lipinski definition) is 0. The summed E-state index contributed by atoms with van der Waals surface area (Å²) in [5.74, 6) is 0.808. The van der Waals surface area contributed by atoms with Gasteiger partial charge in [-0.3, -0.25) is 4.68 Å². The van der Waals surface area contributed by atoms with Gasteiger partial charge in [-0.15, -0.1) is 5.10 Å². The first kappa shape index (κ1) is 16.8. The number of ether oxygens (including phenoxy) is 1. The van der Waals surface area contributed by atoms with Crippen LogP contribution in [0.1, 0.15) is 29.8 Å². The molecular formula is C19H19N7O2. The minimum absolute atomic E-state index is 0.0533. The quantitative estimate of drug-likeness (QED) is 0.539. The molecule has 9 heteroatoms. The molecule has 1 aromatic carbocycles. The Balaban J connectivity index is 1.42. The Morgan fingerprint density at radius 3 is 2.86 bits per heavy atom. The maximum Gasteiger partial charge on any atom is 0.276 e. The Kier molecular flexibility index (Phi) is 4.01. The number of fused-ring (bicyclic) bond motifs is 1. The Labute approximate surface area is 160 Å². The summed E-state index contributed by atoms with van der Waals surface area (Å²) in [4.78, 5) is 4.49. The van der Waals surface area contributed by atoms with Crippen molar-refractivity contribution in [2.24, 2.45) is 0 Å². The summed E-state index contributed by atoms with van der Waals surface area (Å²) in [5.41, 5.74) is 4.56. The van der Waals surface area contributed by atoms with Crippen LogP contribution in [-0.2, 0) is 24.4 Å². The second-order valence-corrected chi connectivity index (χ2v) is 6.73. The third-order valence-corrected chi connectivity index (χ3v) is 4.92. The molecule has 0 unspecified atom stereocenters.